The predicted molar refractivity (Wildman–Crippen MR) is 47.2 cm³/mol. The fraction of sp³-hybridized carbons (Fsp3) is 0.875. The third kappa shape index (κ3) is 2.11. The zero-order valence-electron chi connectivity index (χ0n) is 7.00. The molecule has 1 unspecified atom stereocenters. The van der Waals surface area contributed by atoms with Crippen molar-refractivity contribution in [1.82, 2.24) is 4.90 Å². The fourth-order valence-electron chi connectivity index (χ4n) is 1.60. The maximum absolute atomic E-state index is 11.2. The van der Waals surface area contributed by atoms with Crippen molar-refractivity contribution in [2.45, 2.75) is 25.3 Å². The number of carbonyl (C=O) groups is 1. The van der Waals surface area contributed by atoms with E-state index in [-0.39, 0.29) is 24.4 Å². The minimum Gasteiger partial charge on any atom is -0.394 e. The van der Waals surface area contributed by atoms with Crippen molar-refractivity contribution in [2.75, 3.05) is 19.0 Å². The molecule has 1 amide bonds. The summed E-state index contributed by atoms with van der Waals surface area (Å²) in [5, 5.41) is 8.97. The Balaban J connectivity index is 2.52. The molecular weight excluding hydrogens is 178 g/mol. The van der Waals surface area contributed by atoms with Gasteiger partial charge in [0, 0.05) is 6.54 Å². The van der Waals surface area contributed by atoms with Crippen molar-refractivity contribution in [3.8, 4) is 0 Å². The van der Waals surface area contributed by atoms with E-state index in [2.05, 4.69) is 0 Å². The van der Waals surface area contributed by atoms with E-state index in [1.165, 1.54) is 0 Å². The van der Waals surface area contributed by atoms with Crippen molar-refractivity contribution in [3.05, 3.63) is 0 Å². The molecule has 1 atom stereocenters. The van der Waals surface area contributed by atoms with Gasteiger partial charge in [0.2, 0.25) is 5.91 Å². The third-order valence-electron chi connectivity index (χ3n) is 2.27. The lowest BCUT2D eigenvalue weighted by atomic mass is 10.0. The molecule has 0 saturated carbocycles. The predicted octanol–water partition coefficient (Wildman–Crippen LogP) is 0.599. The number of aliphatic hydroxyl groups is 1. The van der Waals surface area contributed by atoms with E-state index in [4.69, 9.17) is 16.7 Å². The highest BCUT2D eigenvalue weighted by molar-refractivity contribution is 6.27. The Labute approximate surface area is 77.3 Å². The van der Waals surface area contributed by atoms with Crippen LogP contribution in [0.3, 0.4) is 0 Å². The smallest absolute Gasteiger partial charge is 0.237 e. The minimum atomic E-state index is -0.0598. The van der Waals surface area contributed by atoms with Crippen molar-refractivity contribution in [3.63, 3.8) is 0 Å². The van der Waals surface area contributed by atoms with E-state index in [0.29, 0.717) is 0 Å². The van der Waals surface area contributed by atoms with Crippen molar-refractivity contribution >= 4 is 17.5 Å². The summed E-state index contributed by atoms with van der Waals surface area (Å²) in [6, 6.07) is 0.00463. The summed E-state index contributed by atoms with van der Waals surface area (Å²) in [5.74, 6) is -0.0355. The second kappa shape index (κ2) is 4.67. The average Bonchev–Trinajstić information content (AvgIpc) is 2.16. The first kappa shape index (κ1) is 9.81. The van der Waals surface area contributed by atoms with Crippen LogP contribution >= 0.6 is 11.6 Å². The normalized spacial score (nSPS) is 24.2. The molecule has 1 aliphatic heterocycles. The molecule has 0 bridgehead atoms. The number of likely N-dealkylation sites (tertiary alicyclic amines) is 1. The molecular formula is C8H14ClNO2. The Hall–Kier alpha value is -0.280. The van der Waals surface area contributed by atoms with Gasteiger partial charge >= 0.3 is 0 Å². The van der Waals surface area contributed by atoms with Crippen LogP contribution in [-0.2, 0) is 4.79 Å². The molecule has 0 spiro atoms. The van der Waals surface area contributed by atoms with Crippen LogP contribution < -0.4 is 0 Å². The van der Waals surface area contributed by atoms with Crippen LogP contribution in [0.2, 0.25) is 0 Å². The number of rotatable bonds is 2. The number of aliphatic hydroxyl groups excluding tert-OH is 1. The summed E-state index contributed by atoms with van der Waals surface area (Å²) < 4.78 is 0. The molecule has 70 valence electrons. The zero-order valence-corrected chi connectivity index (χ0v) is 7.76. The summed E-state index contributed by atoms with van der Waals surface area (Å²) in [7, 11) is 0. The van der Waals surface area contributed by atoms with Crippen LogP contribution in [-0.4, -0.2) is 41.0 Å². The van der Waals surface area contributed by atoms with Gasteiger partial charge in [-0.1, -0.05) is 0 Å². The number of hydrogen-bond donors (Lipinski definition) is 1. The van der Waals surface area contributed by atoms with E-state index in [9.17, 15) is 4.79 Å². The number of hydrogen-bond acceptors (Lipinski definition) is 2. The summed E-state index contributed by atoms with van der Waals surface area (Å²) >= 11 is 5.43. The molecule has 12 heavy (non-hydrogen) atoms. The van der Waals surface area contributed by atoms with Crippen LogP contribution in [0.15, 0.2) is 0 Å². The SMILES string of the molecule is O=C(CCl)N1CCCCC1CO. The Bertz CT molecular complexity index is 163. The maximum atomic E-state index is 11.2. The van der Waals surface area contributed by atoms with Gasteiger partial charge in [-0.25, -0.2) is 0 Å². The van der Waals surface area contributed by atoms with Crippen molar-refractivity contribution < 1.29 is 9.90 Å². The van der Waals surface area contributed by atoms with E-state index in [0.717, 1.165) is 25.8 Å². The Kier molecular flexibility index (Phi) is 3.82. The molecule has 0 aromatic heterocycles. The van der Waals surface area contributed by atoms with Gasteiger partial charge in [-0.15, -0.1) is 11.6 Å². The molecule has 1 fully saturated rings. The Morgan fingerprint density at radius 1 is 1.58 bits per heavy atom. The molecule has 0 aromatic carbocycles. The first-order valence-corrected chi connectivity index (χ1v) is 4.79. The van der Waals surface area contributed by atoms with Gasteiger partial charge in [0.1, 0.15) is 5.88 Å². The minimum absolute atomic E-state index is 0.00463. The van der Waals surface area contributed by atoms with Crippen LogP contribution in [0.25, 0.3) is 0 Å². The average molecular weight is 192 g/mol. The van der Waals surface area contributed by atoms with E-state index in [1.54, 1.807) is 4.90 Å². The molecule has 3 nitrogen and oxygen atoms in total. The number of carbonyl (C=O) groups excluding carboxylic acids is 1. The van der Waals surface area contributed by atoms with Gasteiger partial charge in [0.05, 0.1) is 12.6 Å². The standard InChI is InChI=1S/C8H14ClNO2/c9-5-8(12)10-4-2-1-3-7(10)6-11/h7,11H,1-6H2. The van der Waals surface area contributed by atoms with Crippen LogP contribution in [0.4, 0.5) is 0 Å². The number of amides is 1. The molecule has 1 N–H and O–H groups in total. The quantitative estimate of drug-likeness (QED) is 0.650. The third-order valence-corrected chi connectivity index (χ3v) is 2.50. The first-order chi connectivity index (χ1) is 5.79. The fourth-order valence-corrected chi connectivity index (χ4v) is 1.75. The topological polar surface area (TPSA) is 40.5 Å². The molecule has 1 rings (SSSR count). The van der Waals surface area contributed by atoms with Gasteiger partial charge in [-0.05, 0) is 19.3 Å². The summed E-state index contributed by atoms with van der Waals surface area (Å²) in [4.78, 5) is 12.9. The lowest BCUT2D eigenvalue weighted by Crippen LogP contribution is -2.46. The molecule has 1 saturated heterocycles. The first-order valence-electron chi connectivity index (χ1n) is 4.26. The van der Waals surface area contributed by atoms with Gasteiger partial charge in [-0.3, -0.25) is 4.79 Å². The second-order valence-electron chi connectivity index (χ2n) is 3.05. The summed E-state index contributed by atoms with van der Waals surface area (Å²) in [6.45, 7) is 0.805. The Morgan fingerprint density at radius 3 is 2.92 bits per heavy atom. The maximum Gasteiger partial charge on any atom is 0.237 e. The molecule has 0 radical (unpaired) electrons. The molecule has 0 aromatic rings. The molecule has 4 heteroatoms. The zero-order chi connectivity index (χ0) is 8.97. The van der Waals surface area contributed by atoms with E-state index in [1.807, 2.05) is 0 Å². The van der Waals surface area contributed by atoms with Crippen molar-refractivity contribution in [2.24, 2.45) is 0 Å². The summed E-state index contributed by atoms with van der Waals surface area (Å²) in [5.41, 5.74) is 0. The monoisotopic (exact) mass is 191 g/mol. The van der Waals surface area contributed by atoms with Crippen LogP contribution in [0.1, 0.15) is 19.3 Å². The van der Waals surface area contributed by atoms with Crippen LogP contribution in [0.5, 0.6) is 0 Å². The number of nitrogens with zero attached hydrogens (tertiary/aromatic N) is 1. The van der Waals surface area contributed by atoms with E-state index >= 15 is 0 Å². The van der Waals surface area contributed by atoms with Gasteiger partial charge in [-0.2, -0.15) is 0 Å². The molecule has 1 heterocycles. The second-order valence-corrected chi connectivity index (χ2v) is 3.32. The van der Waals surface area contributed by atoms with Gasteiger partial charge in [0.15, 0.2) is 0 Å². The lowest BCUT2D eigenvalue weighted by Gasteiger charge is -2.34. The van der Waals surface area contributed by atoms with Gasteiger partial charge < -0.3 is 10.0 Å². The van der Waals surface area contributed by atoms with E-state index < -0.39 is 0 Å². The van der Waals surface area contributed by atoms with Gasteiger partial charge in [0.25, 0.3) is 0 Å². The lowest BCUT2D eigenvalue weighted by molar-refractivity contribution is -0.133. The number of alkyl halides is 1. The summed E-state index contributed by atoms with van der Waals surface area (Å²) in [6.07, 6.45) is 3.02. The van der Waals surface area contributed by atoms with Crippen LogP contribution in [0, 0.1) is 0 Å². The molecule has 1 aliphatic rings. The Morgan fingerprint density at radius 2 is 2.33 bits per heavy atom. The molecule has 0 aliphatic carbocycles. The highest BCUT2D eigenvalue weighted by atomic mass is 35.5. The number of halogens is 1. The highest BCUT2D eigenvalue weighted by Gasteiger charge is 2.24. The number of piperidine rings is 1. The largest absolute Gasteiger partial charge is 0.394 e. The van der Waals surface area contributed by atoms with Crippen molar-refractivity contribution in [1.29, 1.82) is 0 Å². The highest BCUT2D eigenvalue weighted by Crippen LogP contribution is 2.16.